The highest BCUT2D eigenvalue weighted by molar-refractivity contribution is 5.59. The molecular weight excluding hydrogens is 316 g/mol. The number of anilines is 2. The highest BCUT2D eigenvalue weighted by Gasteiger charge is 2.19. The van der Waals surface area contributed by atoms with Gasteiger partial charge in [0.15, 0.2) is 0 Å². The van der Waals surface area contributed by atoms with Gasteiger partial charge in [0.25, 0.3) is 0 Å². The van der Waals surface area contributed by atoms with Crippen LogP contribution in [0.15, 0.2) is 24.4 Å². The largest absolute Gasteiger partial charge is 0.497 e. The van der Waals surface area contributed by atoms with Gasteiger partial charge in [0.05, 0.1) is 19.9 Å². The number of ether oxygens (including phenoxy) is 2. The van der Waals surface area contributed by atoms with E-state index in [2.05, 4.69) is 29.0 Å². The molecule has 0 unspecified atom stereocenters. The van der Waals surface area contributed by atoms with Gasteiger partial charge in [-0.05, 0) is 5.92 Å². The Labute approximate surface area is 149 Å². The first-order valence-electron chi connectivity index (χ1n) is 8.64. The zero-order valence-corrected chi connectivity index (χ0v) is 15.4. The predicted octanol–water partition coefficient (Wildman–Crippen LogP) is 3.25. The molecule has 0 bridgehead atoms. The number of nitrogens with zero attached hydrogens (tertiary/aromatic N) is 3. The van der Waals surface area contributed by atoms with Crippen molar-refractivity contribution in [3.8, 4) is 11.5 Å². The van der Waals surface area contributed by atoms with Crippen molar-refractivity contribution < 1.29 is 9.47 Å². The first kappa shape index (κ1) is 17.5. The van der Waals surface area contributed by atoms with Crippen molar-refractivity contribution in [1.29, 1.82) is 0 Å². The average Bonchev–Trinajstić information content (AvgIpc) is 2.61. The maximum absolute atomic E-state index is 5.30. The molecule has 1 aliphatic rings. The van der Waals surface area contributed by atoms with Crippen LogP contribution in [0.1, 0.15) is 25.1 Å². The minimum atomic E-state index is 0.603. The lowest BCUT2D eigenvalue weighted by molar-refractivity contribution is 0.224. The van der Waals surface area contributed by atoms with Crippen molar-refractivity contribution in [1.82, 2.24) is 14.9 Å². The quantitative estimate of drug-likeness (QED) is 0.869. The van der Waals surface area contributed by atoms with Crippen LogP contribution in [0.5, 0.6) is 11.5 Å². The second-order valence-electron chi connectivity index (χ2n) is 6.77. The Balaban J connectivity index is 1.75. The summed E-state index contributed by atoms with van der Waals surface area (Å²) >= 11 is 0. The molecule has 3 rings (SSSR count). The normalized spacial score (nSPS) is 14.3. The number of rotatable bonds is 6. The van der Waals surface area contributed by atoms with E-state index in [1.165, 1.54) is 5.56 Å². The van der Waals surface area contributed by atoms with E-state index in [0.717, 1.165) is 48.9 Å². The smallest absolute Gasteiger partial charge is 0.227 e. The standard InChI is InChI=1S/C19H26N4O2/c1-13(2)11-23-6-5-18-14(12-23)10-20-19(22-18)21-15-7-16(24-3)9-17(8-15)25-4/h7-10,13H,5-6,11-12H2,1-4H3,(H,20,21,22). The topological polar surface area (TPSA) is 59.5 Å². The fourth-order valence-corrected chi connectivity index (χ4v) is 3.12. The number of fused-ring (bicyclic) bond motifs is 1. The Hall–Kier alpha value is -2.34. The van der Waals surface area contributed by atoms with Gasteiger partial charge < -0.3 is 14.8 Å². The Morgan fingerprint density at radius 1 is 1.16 bits per heavy atom. The molecule has 1 aromatic carbocycles. The van der Waals surface area contributed by atoms with Crippen molar-refractivity contribution in [2.24, 2.45) is 5.92 Å². The Morgan fingerprint density at radius 2 is 1.88 bits per heavy atom. The Kier molecular flexibility index (Phi) is 5.38. The van der Waals surface area contributed by atoms with Gasteiger partial charge in [-0.3, -0.25) is 4.90 Å². The first-order valence-corrected chi connectivity index (χ1v) is 8.64. The summed E-state index contributed by atoms with van der Waals surface area (Å²) in [5.74, 6) is 2.73. The van der Waals surface area contributed by atoms with Gasteiger partial charge in [-0.15, -0.1) is 0 Å². The van der Waals surface area contributed by atoms with Crippen LogP contribution in [0.4, 0.5) is 11.6 Å². The minimum Gasteiger partial charge on any atom is -0.497 e. The molecule has 6 nitrogen and oxygen atoms in total. The molecule has 0 amide bonds. The zero-order valence-electron chi connectivity index (χ0n) is 15.4. The fourth-order valence-electron chi connectivity index (χ4n) is 3.12. The van der Waals surface area contributed by atoms with Crippen molar-refractivity contribution in [3.63, 3.8) is 0 Å². The van der Waals surface area contributed by atoms with Crippen molar-refractivity contribution in [2.45, 2.75) is 26.8 Å². The predicted molar refractivity (Wildman–Crippen MR) is 98.7 cm³/mol. The summed E-state index contributed by atoms with van der Waals surface area (Å²) in [7, 11) is 3.27. The fraction of sp³-hybridized carbons (Fsp3) is 0.474. The number of methoxy groups -OCH3 is 2. The summed E-state index contributed by atoms with van der Waals surface area (Å²) in [6.07, 6.45) is 2.90. The molecule has 0 atom stereocenters. The van der Waals surface area contributed by atoms with Gasteiger partial charge >= 0.3 is 0 Å². The molecule has 0 spiro atoms. The van der Waals surface area contributed by atoms with E-state index in [9.17, 15) is 0 Å². The van der Waals surface area contributed by atoms with Crippen LogP contribution in [0.3, 0.4) is 0 Å². The highest BCUT2D eigenvalue weighted by atomic mass is 16.5. The molecule has 134 valence electrons. The van der Waals surface area contributed by atoms with E-state index in [0.29, 0.717) is 11.9 Å². The molecule has 25 heavy (non-hydrogen) atoms. The molecular formula is C19H26N4O2. The van der Waals surface area contributed by atoms with Gasteiger partial charge in [-0.1, -0.05) is 13.8 Å². The second kappa shape index (κ2) is 7.70. The SMILES string of the molecule is COc1cc(Nc2ncc3c(n2)CCN(CC(C)C)C3)cc(OC)c1. The molecule has 2 aromatic rings. The number of aromatic nitrogens is 2. The lowest BCUT2D eigenvalue weighted by Gasteiger charge is -2.29. The third-order valence-corrected chi connectivity index (χ3v) is 4.24. The van der Waals surface area contributed by atoms with Crippen LogP contribution in [0.25, 0.3) is 0 Å². The van der Waals surface area contributed by atoms with Gasteiger partial charge in [-0.25, -0.2) is 9.97 Å². The van der Waals surface area contributed by atoms with Crippen LogP contribution >= 0.6 is 0 Å². The molecule has 1 N–H and O–H groups in total. The molecule has 0 radical (unpaired) electrons. The number of benzene rings is 1. The monoisotopic (exact) mass is 342 g/mol. The number of hydrogen-bond donors (Lipinski definition) is 1. The molecule has 0 fully saturated rings. The number of nitrogens with one attached hydrogen (secondary N) is 1. The van der Waals surface area contributed by atoms with Gasteiger partial charge in [0, 0.05) is 61.7 Å². The third-order valence-electron chi connectivity index (χ3n) is 4.24. The van der Waals surface area contributed by atoms with Gasteiger partial charge in [-0.2, -0.15) is 0 Å². The molecule has 0 aliphatic carbocycles. The summed E-state index contributed by atoms with van der Waals surface area (Å²) in [5, 5.41) is 3.25. The molecule has 0 saturated heterocycles. The minimum absolute atomic E-state index is 0.603. The molecule has 6 heteroatoms. The van der Waals surface area contributed by atoms with Crippen LogP contribution < -0.4 is 14.8 Å². The van der Waals surface area contributed by atoms with E-state index in [1.54, 1.807) is 14.2 Å². The third kappa shape index (κ3) is 4.39. The second-order valence-corrected chi connectivity index (χ2v) is 6.77. The lowest BCUT2D eigenvalue weighted by atomic mass is 10.1. The number of hydrogen-bond acceptors (Lipinski definition) is 6. The molecule has 1 aromatic heterocycles. The lowest BCUT2D eigenvalue weighted by Crippen LogP contribution is -2.34. The maximum atomic E-state index is 5.30. The van der Waals surface area contributed by atoms with Crippen LogP contribution in [-0.2, 0) is 13.0 Å². The van der Waals surface area contributed by atoms with Gasteiger partial charge in [0.2, 0.25) is 5.95 Å². The van der Waals surface area contributed by atoms with Gasteiger partial charge in [0.1, 0.15) is 11.5 Å². The molecule has 2 heterocycles. The Morgan fingerprint density at radius 3 is 2.52 bits per heavy atom. The average molecular weight is 342 g/mol. The van der Waals surface area contributed by atoms with E-state index in [1.807, 2.05) is 24.4 Å². The van der Waals surface area contributed by atoms with E-state index >= 15 is 0 Å². The van der Waals surface area contributed by atoms with Crippen molar-refractivity contribution in [2.75, 3.05) is 32.6 Å². The van der Waals surface area contributed by atoms with Crippen LogP contribution in [-0.4, -0.2) is 42.2 Å². The van der Waals surface area contributed by atoms with Crippen LogP contribution in [0.2, 0.25) is 0 Å². The zero-order chi connectivity index (χ0) is 17.8. The summed E-state index contributed by atoms with van der Waals surface area (Å²) in [4.78, 5) is 11.7. The maximum Gasteiger partial charge on any atom is 0.227 e. The highest BCUT2D eigenvalue weighted by Crippen LogP contribution is 2.27. The van der Waals surface area contributed by atoms with E-state index < -0.39 is 0 Å². The van der Waals surface area contributed by atoms with Crippen LogP contribution in [0, 0.1) is 5.92 Å². The van der Waals surface area contributed by atoms with Crippen molar-refractivity contribution >= 4 is 11.6 Å². The van der Waals surface area contributed by atoms with E-state index in [-0.39, 0.29) is 0 Å². The summed E-state index contributed by atoms with van der Waals surface area (Å²) in [6.45, 7) is 7.60. The first-order chi connectivity index (χ1) is 12.1. The summed E-state index contributed by atoms with van der Waals surface area (Å²) in [6, 6.07) is 5.63. The summed E-state index contributed by atoms with van der Waals surface area (Å²) < 4.78 is 10.6. The summed E-state index contributed by atoms with van der Waals surface area (Å²) in [5.41, 5.74) is 3.20. The van der Waals surface area contributed by atoms with Crippen molar-refractivity contribution in [3.05, 3.63) is 35.7 Å². The molecule has 1 aliphatic heterocycles. The Bertz CT molecular complexity index is 711. The molecule has 0 saturated carbocycles. The van der Waals surface area contributed by atoms with E-state index in [4.69, 9.17) is 14.5 Å².